The van der Waals surface area contributed by atoms with Crippen LogP contribution in [0.5, 0.6) is 0 Å². The second kappa shape index (κ2) is 7.95. The zero-order chi connectivity index (χ0) is 22.1. The maximum atomic E-state index is 11.1. The highest BCUT2D eigenvalue weighted by Crippen LogP contribution is 2.22. The van der Waals surface area contributed by atoms with Crippen molar-refractivity contribution < 1.29 is 4.79 Å². The van der Waals surface area contributed by atoms with Crippen LogP contribution in [0.3, 0.4) is 0 Å². The lowest BCUT2D eigenvalue weighted by Crippen LogP contribution is -2.18. The molecule has 160 valence electrons. The lowest BCUT2D eigenvalue weighted by atomic mass is 10.1. The molecule has 0 unspecified atom stereocenters. The molecular weight excluding hydrogens is 408 g/mol. The standard InChI is InChI=1S/C21H20N10O/c1-29-12-18(9-24-29)27-21-23-6-16-7-26-31(20(16)28-21)10-14-3-2-4-15(5-14)17-8-25-30(11-17)13-19(22)32/h2-9,11-12H,10,13H2,1H3,(H2,22,32)(H,23,27,28). The van der Waals surface area contributed by atoms with Gasteiger partial charge in [-0.1, -0.05) is 18.2 Å². The summed E-state index contributed by atoms with van der Waals surface area (Å²) in [5.74, 6) is 0.0428. The lowest BCUT2D eigenvalue weighted by Gasteiger charge is -2.07. The molecule has 0 bridgehead atoms. The molecule has 5 aromatic rings. The van der Waals surface area contributed by atoms with Gasteiger partial charge in [-0.25, -0.2) is 9.67 Å². The maximum Gasteiger partial charge on any atom is 0.239 e. The van der Waals surface area contributed by atoms with E-state index in [2.05, 4.69) is 36.6 Å². The summed E-state index contributed by atoms with van der Waals surface area (Å²) in [5.41, 5.74) is 9.73. The number of amides is 1. The van der Waals surface area contributed by atoms with Gasteiger partial charge in [-0.15, -0.1) is 0 Å². The van der Waals surface area contributed by atoms with Crippen molar-refractivity contribution in [3.63, 3.8) is 0 Å². The Bertz CT molecular complexity index is 1410. The molecule has 0 saturated carbocycles. The Kier molecular flexibility index (Phi) is 4.82. The van der Waals surface area contributed by atoms with E-state index in [0.717, 1.165) is 33.4 Å². The zero-order valence-electron chi connectivity index (χ0n) is 17.3. The number of rotatable bonds is 7. The molecule has 0 saturated heterocycles. The van der Waals surface area contributed by atoms with Crippen LogP contribution < -0.4 is 11.1 Å². The molecule has 3 N–H and O–H groups in total. The van der Waals surface area contributed by atoms with Gasteiger partial charge >= 0.3 is 0 Å². The molecule has 0 fully saturated rings. The Balaban J connectivity index is 1.39. The van der Waals surface area contributed by atoms with E-state index in [1.54, 1.807) is 35.7 Å². The predicted molar refractivity (Wildman–Crippen MR) is 118 cm³/mol. The average molecular weight is 428 g/mol. The van der Waals surface area contributed by atoms with Crippen LogP contribution in [0.15, 0.2) is 61.4 Å². The van der Waals surface area contributed by atoms with Crippen LogP contribution in [0.25, 0.3) is 22.2 Å². The van der Waals surface area contributed by atoms with Gasteiger partial charge in [-0.2, -0.15) is 20.3 Å². The van der Waals surface area contributed by atoms with Gasteiger partial charge in [0.15, 0.2) is 5.65 Å². The van der Waals surface area contributed by atoms with Crippen LogP contribution >= 0.6 is 0 Å². The fourth-order valence-corrected chi connectivity index (χ4v) is 3.44. The molecule has 11 nitrogen and oxygen atoms in total. The molecular formula is C21H20N10O. The van der Waals surface area contributed by atoms with Crippen molar-refractivity contribution in [2.75, 3.05) is 5.32 Å². The molecule has 0 atom stereocenters. The number of nitrogens with one attached hydrogen (secondary N) is 1. The van der Waals surface area contributed by atoms with Crippen LogP contribution in [0, 0.1) is 0 Å². The Labute approximate surface area is 182 Å². The fourth-order valence-electron chi connectivity index (χ4n) is 3.44. The number of primary amides is 1. The first kappa shape index (κ1) is 19.4. The highest BCUT2D eigenvalue weighted by molar-refractivity contribution is 5.75. The number of anilines is 2. The van der Waals surface area contributed by atoms with Crippen molar-refractivity contribution in [1.82, 2.24) is 39.3 Å². The van der Waals surface area contributed by atoms with Crippen molar-refractivity contribution in [2.45, 2.75) is 13.1 Å². The molecule has 0 radical (unpaired) electrons. The number of carbonyl (C=O) groups excluding carboxylic acids is 1. The van der Waals surface area contributed by atoms with E-state index in [0.29, 0.717) is 12.5 Å². The molecule has 32 heavy (non-hydrogen) atoms. The Hall–Kier alpha value is -4.54. The van der Waals surface area contributed by atoms with Gasteiger partial charge in [-0.05, 0) is 17.2 Å². The largest absolute Gasteiger partial charge is 0.368 e. The molecule has 11 heteroatoms. The van der Waals surface area contributed by atoms with Gasteiger partial charge < -0.3 is 11.1 Å². The van der Waals surface area contributed by atoms with E-state index in [-0.39, 0.29) is 6.54 Å². The second-order valence-corrected chi connectivity index (χ2v) is 7.40. The van der Waals surface area contributed by atoms with Crippen LogP contribution in [-0.4, -0.2) is 45.2 Å². The SMILES string of the molecule is Cn1cc(Nc2ncc3cnn(Cc4cccc(-c5cnn(CC(N)=O)c5)c4)c3n2)cn1. The van der Waals surface area contributed by atoms with Crippen LogP contribution in [0.4, 0.5) is 11.6 Å². The molecule has 4 aromatic heterocycles. The third-order valence-corrected chi connectivity index (χ3v) is 4.88. The monoisotopic (exact) mass is 428 g/mol. The Morgan fingerprint density at radius 3 is 2.78 bits per heavy atom. The maximum absolute atomic E-state index is 11.1. The van der Waals surface area contributed by atoms with Crippen LogP contribution in [0.1, 0.15) is 5.56 Å². The van der Waals surface area contributed by atoms with Crippen LogP contribution in [-0.2, 0) is 24.9 Å². The number of hydrogen-bond donors (Lipinski definition) is 2. The Morgan fingerprint density at radius 1 is 1.06 bits per heavy atom. The molecule has 1 amide bonds. The van der Waals surface area contributed by atoms with Crippen molar-refractivity contribution in [3.05, 3.63) is 67.0 Å². The first-order valence-corrected chi connectivity index (χ1v) is 9.88. The molecule has 5 rings (SSSR count). The zero-order valence-corrected chi connectivity index (χ0v) is 17.3. The number of benzene rings is 1. The van der Waals surface area contributed by atoms with E-state index in [1.165, 1.54) is 4.68 Å². The normalized spacial score (nSPS) is 11.2. The quantitative estimate of drug-likeness (QED) is 0.403. The van der Waals surface area contributed by atoms with Crippen molar-refractivity contribution in [1.29, 1.82) is 0 Å². The Morgan fingerprint density at radius 2 is 1.97 bits per heavy atom. The number of nitrogens with two attached hydrogens (primary N) is 1. The van der Waals surface area contributed by atoms with E-state index in [9.17, 15) is 4.79 Å². The molecule has 0 aliphatic rings. The van der Waals surface area contributed by atoms with Crippen molar-refractivity contribution in [3.8, 4) is 11.1 Å². The minimum atomic E-state index is -0.432. The smallest absolute Gasteiger partial charge is 0.239 e. The molecule has 1 aromatic carbocycles. The summed E-state index contributed by atoms with van der Waals surface area (Å²) in [6.07, 6.45) is 10.6. The van der Waals surface area contributed by atoms with Gasteiger partial charge in [-0.3, -0.25) is 14.2 Å². The number of fused-ring (bicyclic) bond motifs is 1. The second-order valence-electron chi connectivity index (χ2n) is 7.40. The average Bonchev–Trinajstić information content (AvgIpc) is 3.49. The summed E-state index contributed by atoms with van der Waals surface area (Å²) < 4.78 is 5.07. The summed E-state index contributed by atoms with van der Waals surface area (Å²) in [6, 6.07) is 8.07. The topological polar surface area (TPSA) is 134 Å². The number of hydrogen-bond acceptors (Lipinski definition) is 7. The highest BCUT2D eigenvalue weighted by atomic mass is 16.1. The number of nitrogens with zero attached hydrogens (tertiary/aromatic N) is 8. The van der Waals surface area contributed by atoms with E-state index in [4.69, 9.17) is 5.73 Å². The van der Waals surface area contributed by atoms with E-state index in [1.807, 2.05) is 36.1 Å². The molecule has 4 heterocycles. The van der Waals surface area contributed by atoms with Crippen molar-refractivity contribution in [2.24, 2.45) is 12.8 Å². The summed E-state index contributed by atoms with van der Waals surface area (Å²) in [5, 5.41) is 16.8. The number of aryl methyl sites for hydroxylation is 1. The summed E-state index contributed by atoms with van der Waals surface area (Å²) in [7, 11) is 1.85. The van der Waals surface area contributed by atoms with E-state index >= 15 is 0 Å². The highest BCUT2D eigenvalue weighted by Gasteiger charge is 2.10. The summed E-state index contributed by atoms with van der Waals surface area (Å²) in [6.45, 7) is 0.587. The number of carbonyl (C=O) groups is 1. The third-order valence-electron chi connectivity index (χ3n) is 4.88. The van der Waals surface area contributed by atoms with Gasteiger partial charge in [0, 0.05) is 31.2 Å². The minimum absolute atomic E-state index is 0.0497. The van der Waals surface area contributed by atoms with Crippen molar-refractivity contribution >= 4 is 28.6 Å². The molecule has 0 aliphatic carbocycles. The number of aromatic nitrogens is 8. The van der Waals surface area contributed by atoms with Gasteiger partial charge in [0.2, 0.25) is 11.9 Å². The van der Waals surface area contributed by atoms with E-state index < -0.39 is 5.91 Å². The molecule has 0 aliphatic heterocycles. The molecule has 0 spiro atoms. The van der Waals surface area contributed by atoms with Gasteiger partial charge in [0.05, 0.1) is 36.2 Å². The first-order chi connectivity index (χ1) is 15.5. The fraction of sp³-hybridized carbons (Fsp3) is 0.143. The van der Waals surface area contributed by atoms with Crippen LogP contribution in [0.2, 0.25) is 0 Å². The third kappa shape index (κ3) is 4.03. The lowest BCUT2D eigenvalue weighted by molar-refractivity contribution is -0.118. The summed E-state index contributed by atoms with van der Waals surface area (Å²) >= 11 is 0. The summed E-state index contributed by atoms with van der Waals surface area (Å²) in [4.78, 5) is 20.1. The van der Waals surface area contributed by atoms with Gasteiger partial charge in [0.1, 0.15) is 6.54 Å². The first-order valence-electron chi connectivity index (χ1n) is 9.88. The van der Waals surface area contributed by atoms with Gasteiger partial charge in [0.25, 0.3) is 0 Å². The predicted octanol–water partition coefficient (Wildman–Crippen LogP) is 1.70. The minimum Gasteiger partial charge on any atom is -0.368 e.